The summed E-state index contributed by atoms with van der Waals surface area (Å²) < 4.78 is 10.7. The summed E-state index contributed by atoms with van der Waals surface area (Å²) in [6.07, 6.45) is 0.0644. The van der Waals surface area contributed by atoms with Gasteiger partial charge in [0.05, 0.1) is 12.1 Å². The molecule has 0 saturated carbocycles. The van der Waals surface area contributed by atoms with Crippen LogP contribution in [0.5, 0.6) is 11.5 Å². The second-order valence-electron chi connectivity index (χ2n) is 4.76. The Labute approximate surface area is 127 Å². The Morgan fingerprint density at radius 1 is 1.33 bits per heavy atom. The molecule has 1 aliphatic rings. The average molecular weight is 304 g/mol. The molecule has 5 heteroatoms. The van der Waals surface area contributed by atoms with Gasteiger partial charge in [0.1, 0.15) is 11.5 Å². The van der Waals surface area contributed by atoms with Gasteiger partial charge in [-0.3, -0.25) is 4.79 Å². The van der Waals surface area contributed by atoms with Crippen molar-refractivity contribution >= 4 is 23.2 Å². The standard InChI is InChI=1S/C16H14ClNO3/c1-20-14-7-6-11(9-12(14)17)18-16(19)15-8-10-4-2-3-5-13(10)21-15/h2-7,9,15H,8H2,1H3,(H,18,19)/t15-/m0/s1. The van der Waals surface area contributed by atoms with Gasteiger partial charge in [-0.2, -0.15) is 0 Å². The number of para-hydroxylation sites is 1. The lowest BCUT2D eigenvalue weighted by atomic mass is 10.1. The molecule has 1 N–H and O–H groups in total. The summed E-state index contributed by atoms with van der Waals surface area (Å²) in [5.74, 6) is 1.15. The number of carbonyl (C=O) groups is 1. The van der Waals surface area contributed by atoms with Crippen LogP contribution in [0.25, 0.3) is 0 Å². The SMILES string of the molecule is COc1ccc(NC(=O)[C@@H]2Cc3ccccc3O2)cc1Cl. The molecule has 3 rings (SSSR count). The quantitative estimate of drug-likeness (QED) is 0.946. The molecule has 0 aromatic heterocycles. The van der Waals surface area contributed by atoms with Crippen LogP contribution in [0, 0.1) is 0 Å². The predicted octanol–water partition coefficient (Wildman–Crippen LogP) is 3.29. The number of fused-ring (bicyclic) bond motifs is 1. The number of amides is 1. The number of nitrogens with one attached hydrogen (secondary N) is 1. The van der Waals surface area contributed by atoms with E-state index >= 15 is 0 Å². The molecule has 0 aliphatic carbocycles. The molecule has 0 bridgehead atoms. The van der Waals surface area contributed by atoms with Crippen LogP contribution in [0.1, 0.15) is 5.56 Å². The highest BCUT2D eigenvalue weighted by Gasteiger charge is 2.28. The molecule has 0 fully saturated rings. The Bertz CT molecular complexity index is 662. The molecule has 2 aromatic carbocycles. The van der Waals surface area contributed by atoms with Gasteiger partial charge < -0.3 is 14.8 Å². The van der Waals surface area contributed by atoms with Gasteiger partial charge in [0.2, 0.25) is 0 Å². The van der Waals surface area contributed by atoms with E-state index in [4.69, 9.17) is 21.1 Å². The minimum absolute atomic E-state index is 0.188. The summed E-state index contributed by atoms with van der Waals surface area (Å²) in [6, 6.07) is 12.8. The topological polar surface area (TPSA) is 47.6 Å². The van der Waals surface area contributed by atoms with Crippen LogP contribution in [-0.4, -0.2) is 19.1 Å². The first kappa shape index (κ1) is 13.8. The number of rotatable bonds is 3. The maximum absolute atomic E-state index is 12.2. The van der Waals surface area contributed by atoms with Crippen molar-refractivity contribution in [3.05, 3.63) is 53.1 Å². The maximum atomic E-state index is 12.2. The van der Waals surface area contributed by atoms with Gasteiger partial charge in [0.25, 0.3) is 5.91 Å². The van der Waals surface area contributed by atoms with E-state index in [1.54, 1.807) is 25.3 Å². The average Bonchev–Trinajstić information content (AvgIpc) is 2.91. The second kappa shape index (κ2) is 5.66. The summed E-state index contributed by atoms with van der Waals surface area (Å²) >= 11 is 6.04. The monoisotopic (exact) mass is 303 g/mol. The number of hydrogen-bond donors (Lipinski definition) is 1. The highest BCUT2D eigenvalue weighted by Crippen LogP contribution is 2.30. The molecule has 1 heterocycles. The predicted molar refractivity (Wildman–Crippen MR) is 81.2 cm³/mol. The Morgan fingerprint density at radius 2 is 2.14 bits per heavy atom. The molecule has 1 amide bonds. The van der Waals surface area contributed by atoms with Crippen LogP contribution in [0.3, 0.4) is 0 Å². The Balaban J connectivity index is 1.69. The summed E-state index contributed by atoms with van der Waals surface area (Å²) in [7, 11) is 1.54. The van der Waals surface area contributed by atoms with Crippen LogP contribution in [0.2, 0.25) is 5.02 Å². The molecule has 0 radical (unpaired) electrons. The van der Waals surface area contributed by atoms with Crippen molar-refractivity contribution in [3.8, 4) is 11.5 Å². The number of methoxy groups -OCH3 is 1. The van der Waals surface area contributed by atoms with E-state index in [0.29, 0.717) is 22.9 Å². The highest BCUT2D eigenvalue weighted by atomic mass is 35.5. The van der Waals surface area contributed by atoms with Gasteiger partial charge in [-0.1, -0.05) is 29.8 Å². The number of ether oxygens (including phenoxy) is 2. The van der Waals surface area contributed by atoms with E-state index in [0.717, 1.165) is 11.3 Å². The highest BCUT2D eigenvalue weighted by molar-refractivity contribution is 6.32. The maximum Gasteiger partial charge on any atom is 0.265 e. The van der Waals surface area contributed by atoms with Gasteiger partial charge in [-0.25, -0.2) is 0 Å². The molecule has 0 saturated heterocycles. The van der Waals surface area contributed by atoms with Crippen molar-refractivity contribution in [1.29, 1.82) is 0 Å². The lowest BCUT2D eigenvalue weighted by Gasteiger charge is -2.12. The molecule has 108 valence electrons. The van der Waals surface area contributed by atoms with Gasteiger partial charge in [0, 0.05) is 12.1 Å². The fourth-order valence-corrected chi connectivity index (χ4v) is 2.55. The fourth-order valence-electron chi connectivity index (χ4n) is 2.30. The van der Waals surface area contributed by atoms with Crippen molar-refractivity contribution in [2.24, 2.45) is 0 Å². The zero-order valence-electron chi connectivity index (χ0n) is 11.4. The molecular formula is C16H14ClNO3. The van der Waals surface area contributed by atoms with E-state index < -0.39 is 6.10 Å². The zero-order valence-corrected chi connectivity index (χ0v) is 12.2. The Kier molecular flexibility index (Phi) is 3.71. The first-order chi connectivity index (χ1) is 10.2. The lowest BCUT2D eigenvalue weighted by molar-refractivity contribution is -0.122. The van der Waals surface area contributed by atoms with Crippen molar-refractivity contribution in [2.75, 3.05) is 12.4 Å². The van der Waals surface area contributed by atoms with Gasteiger partial charge >= 0.3 is 0 Å². The molecule has 1 aliphatic heterocycles. The van der Waals surface area contributed by atoms with Crippen molar-refractivity contribution in [1.82, 2.24) is 0 Å². The Hall–Kier alpha value is -2.20. The van der Waals surface area contributed by atoms with Crippen molar-refractivity contribution < 1.29 is 14.3 Å². The van der Waals surface area contributed by atoms with E-state index in [9.17, 15) is 4.79 Å². The normalized spacial score (nSPS) is 16.0. The number of hydrogen-bond acceptors (Lipinski definition) is 3. The van der Waals surface area contributed by atoms with Gasteiger partial charge in [-0.05, 0) is 29.8 Å². The molecule has 21 heavy (non-hydrogen) atoms. The van der Waals surface area contributed by atoms with Crippen LogP contribution >= 0.6 is 11.6 Å². The summed E-state index contributed by atoms with van der Waals surface area (Å²) in [4.78, 5) is 12.2. The summed E-state index contributed by atoms with van der Waals surface area (Å²) in [6.45, 7) is 0. The smallest absolute Gasteiger partial charge is 0.265 e. The third-order valence-corrected chi connectivity index (χ3v) is 3.65. The first-order valence-electron chi connectivity index (χ1n) is 6.56. The van der Waals surface area contributed by atoms with E-state index in [1.807, 2.05) is 24.3 Å². The number of halogens is 1. The van der Waals surface area contributed by atoms with Crippen molar-refractivity contribution in [3.63, 3.8) is 0 Å². The van der Waals surface area contributed by atoms with Gasteiger partial charge in [-0.15, -0.1) is 0 Å². The molecule has 4 nitrogen and oxygen atoms in total. The van der Waals surface area contributed by atoms with Crippen LogP contribution in [0.4, 0.5) is 5.69 Å². The minimum atomic E-state index is -0.511. The molecule has 2 aromatic rings. The fraction of sp³-hybridized carbons (Fsp3) is 0.188. The zero-order chi connectivity index (χ0) is 14.8. The molecule has 0 spiro atoms. The van der Waals surface area contributed by atoms with E-state index in [1.165, 1.54) is 0 Å². The minimum Gasteiger partial charge on any atom is -0.495 e. The van der Waals surface area contributed by atoms with Crippen LogP contribution in [0.15, 0.2) is 42.5 Å². The number of benzene rings is 2. The van der Waals surface area contributed by atoms with Crippen molar-refractivity contribution in [2.45, 2.75) is 12.5 Å². The Morgan fingerprint density at radius 3 is 2.86 bits per heavy atom. The molecule has 0 unspecified atom stereocenters. The van der Waals surface area contributed by atoms with Crippen LogP contribution in [-0.2, 0) is 11.2 Å². The van der Waals surface area contributed by atoms with E-state index in [-0.39, 0.29) is 5.91 Å². The first-order valence-corrected chi connectivity index (χ1v) is 6.94. The van der Waals surface area contributed by atoms with Gasteiger partial charge in [0.15, 0.2) is 6.10 Å². The molecular weight excluding hydrogens is 290 g/mol. The van der Waals surface area contributed by atoms with Crippen LogP contribution < -0.4 is 14.8 Å². The third kappa shape index (κ3) is 2.81. The summed E-state index contributed by atoms with van der Waals surface area (Å²) in [5, 5.41) is 3.26. The largest absolute Gasteiger partial charge is 0.495 e. The van der Waals surface area contributed by atoms with E-state index in [2.05, 4.69) is 5.32 Å². The summed E-state index contributed by atoms with van der Waals surface area (Å²) in [5.41, 5.74) is 1.66. The molecule has 1 atom stereocenters. The lowest BCUT2D eigenvalue weighted by Crippen LogP contribution is -2.31. The number of anilines is 1. The third-order valence-electron chi connectivity index (χ3n) is 3.36. The number of carbonyl (C=O) groups excluding carboxylic acids is 1. The second-order valence-corrected chi connectivity index (χ2v) is 5.16.